The average Bonchev–Trinajstić information content (AvgIpc) is 3.37. The van der Waals surface area contributed by atoms with Crippen molar-refractivity contribution >= 4 is 11.4 Å². The molecule has 0 bridgehead atoms. The lowest BCUT2D eigenvalue weighted by Gasteiger charge is -2.40. The Morgan fingerprint density at radius 1 is 0.468 bits per heavy atom. The summed E-state index contributed by atoms with van der Waals surface area (Å²) < 4.78 is 0. The number of nitrogens with zero attached hydrogens (tertiary/aromatic N) is 1. The molecule has 1 aliphatic heterocycles. The van der Waals surface area contributed by atoms with Gasteiger partial charge in [-0.2, -0.15) is 0 Å². The van der Waals surface area contributed by atoms with Crippen LogP contribution in [0.5, 0.6) is 0 Å². The van der Waals surface area contributed by atoms with Gasteiger partial charge in [-0.25, -0.2) is 0 Å². The van der Waals surface area contributed by atoms with Gasteiger partial charge in [-0.1, -0.05) is 224 Å². The first-order valence-corrected chi connectivity index (χ1v) is 22.3. The molecule has 62 heavy (non-hydrogen) atoms. The van der Waals surface area contributed by atoms with Crippen LogP contribution in [0.25, 0.3) is 5.70 Å². The Morgan fingerprint density at radius 3 is 1.50 bits per heavy atom. The fraction of sp³-hybridized carbons (Fsp3) is 0.150. The van der Waals surface area contributed by atoms with E-state index in [0.29, 0.717) is 0 Å². The van der Waals surface area contributed by atoms with Gasteiger partial charge in [0.05, 0.1) is 16.5 Å². The van der Waals surface area contributed by atoms with Crippen LogP contribution in [-0.2, 0) is 10.8 Å². The van der Waals surface area contributed by atoms with Gasteiger partial charge in [0.1, 0.15) is 6.17 Å². The van der Waals surface area contributed by atoms with Crippen LogP contribution in [0.3, 0.4) is 0 Å². The summed E-state index contributed by atoms with van der Waals surface area (Å²) in [7, 11) is 0. The van der Waals surface area contributed by atoms with Crippen molar-refractivity contribution in [2.24, 2.45) is 4.99 Å². The van der Waals surface area contributed by atoms with Gasteiger partial charge >= 0.3 is 0 Å². The highest BCUT2D eigenvalue weighted by Crippen LogP contribution is 2.50. The Morgan fingerprint density at radius 2 is 0.984 bits per heavy atom. The van der Waals surface area contributed by atoms with E-state index in [4.69, 9.17) is 4.99 Å². The van der Waals surface area contributed by atoms with E-state index in [2.05, 4.69) is 236 Å². The topological polar surface area (TPSA) is 24.4 Å². The second-order valence-corrected chi connectivity index (χ2v) is 16.8. The molecule has 0 spiro atoms. The number of rotatable bonds is 11. The molecule has 1 heterocycles. The first-order chi connectivity index (χ1) is 30.7. The molecular weight excluding hydrogens is 749 g/mol. The Bertz CT molecular complexity index is 2650. The summed E-state index contributed by atoms with van der Waals surface area (Å²) in [5, 5.41) is 3.97. The Labute approximate surface area is 367 Å². The van der Waals surface area contributed by atoms with Crippen LogP contribution in [0, 0.1) is 0 Å². The van der Waals surface area contributed by atoms with E-state index in [1.165, 1.54) is 55.7 Å². The summed E-state index contributed by atoms with van der Waals surface area (Å²) in [4.78, 5) is 5.59. The third kappa shape index (κ3) is 7.20. The van der Waals surface area contributed by atoms with Crippen LogP contribution in [0.15, 0.2) is 258 Å². The smallest absolute Gasteiger partial charge is 0.141 e. The van der Waals surface area contributed by atoms with Crippen molar-refractivity contribution in [3.63, 3.8) is 0 Å². The van der Waals surface area contributed by atoms with Crippen molar-refractivity contribution < 1.29 is 0 Å². The zero-order valence-electron chi connectivity index (χ0n) is 35.2. The molecule has 10 rings (SSSR count). The maximum Gasteiger partial charge on any atom is 0.141 e. The van der Waals surface area contributed by atoms with Crippen molar-refractivity contribution in [1.29, 1.82) is 0 Å². The number of hydrogen-bond donors (Lipinski definition) is 1. The van der Waals surface area contributed by atoms with Gasteiger partial charge in [0.25, 0.3) is 0 Å². The average molecular weight is 801 g/mol. The van der Waals surface area contributed by atoms with Gasteiger partial charge in [-0.05, 0) is 106 Å². The van der Waals surface area contributed by atoms with Crippen molar-refractivity contribution in [3.8, 4) is 0 Å². The van der Waals surface area contributed by atoms with Gasteiger partial charge in [-0.3, -0.25) is 4.99 Å². The molecule has 6 aromatic carbocycles. The van der Waals surface area contributed by atoms with Crippen LogP contribution in [0.4, 0.5) is 0 Å². The zero-order chi connectivity index (χ0) is 41.6. The Balaban J connectivity index is 1.14. The van der Waals surface area contributed by atoms with Crippen LogP contribution in [0.2, 0.25) is 0 Å². The van der Waals surface area contributed by atoms with E-state index >= 15 is 0 Å². The minimum absolute atomic E-state index is 0.171. The number of aliphatic imine (C=N–C) groups is 1. The monoisotopic (exact) mass is 800 g/mol. The third-order valence-electron chi connectivity index (χ3n) is 13.2. The Hall–Kier alpha value is -7.03. The molecule has 3 aliphatic carbocycles. The predicted octanol–water partition coefficient (Wildman–Crippen LogP) is 14.0. The fourth-order valence-electron chi connectivity index (χ4n) is 10.4. The highest BCUT2D eigenvalue weighted by molar-refractivity contribution is 6.13. The van der Waals surface area contributed by atoms with Gasteiger partial charge in [0, 0.05) is 5.70 Å². The second-order valence-electron chi connectivity index (χ2n) is 16.8. The fourth-order valence-corrected chi connectivity index (χ4v) is 10.4. The van der Waals surface area contributed by atoms with Gasteiger partial charge < -0.3 is 5.32 Å². The van der Waals surface area contributed by atoms with Crippen LogP contribution < -0.4 is 5.32 Å². The molecule has 0 radical (unpaired) electrons. The molecule has 0 amide bonds. The molecular formula is C60H52N2. The lowest BCUT2D eigenvalue weighted by Crippen LogP contribution is -2.35. The van der Waals surface area contributed by atoms with E-state index in [1.54, 1.807) is 0 Å². The SMILES string of the molecule is C1=CCCC(C2N=C(C3=CC(C(c4ccccc4)(c4ccccc4)c4ccccc4)=CCC3)C=C(c3cccc(C(C4=CC=CCC4)(c4ccccc4)c4ccccc4)c3)N2)=C1. The summed E-state index contributed by atoms with van der Waals surface area (Å²) in [6, 6.07) is 64.7. The molecule has 2 nitrogen and oxygen atoms in total. The number of nitrogens with one attached hydrogen (secondary N) is 1. The van der Waals surface area contributed by atoms with E-state index in [0.717, 1.165) is 55.5 Å². The highest BCUT2D eigenvalue weighted by Gasteiger charge is 2.42. The first kappa shape index (κ1) is 39.1. The predicted molar refractivity (Wildman–Crippen MR) is 259 cm³/mol. The molecule has 0 saturated heterocycles. The van der Waals surface area contributed by atoms with E-state index < -0.39 is 10.8 Å². The number of benzene rings is 6. The van der Waals surface area contributed by atoms with Crippen molar-refractivity contribution in [1.82, 2.24) is 5.32 Å². The maximum atomic E-state index is 5.59. The lowest BCUT2D eigenvalue weighted by atomic mass is 9.63. The standard InChI is InChI=1S/C60H52N2/c1-8-24-45(25-9-1)58-61-56(46-26-22-40-54(42-46)59(48-28-10-2-11-29-48,49-30-12-3-13-31-49)50-32-14-4-15-33-50)44-57(62-58)47-27-23-41-55(43-47)60(51-34-16-5-17-35-51,52-36-18-6-19-37-52)53-38-20-7-21-39-53/h1-8,10-20,23-24,27-38,40-44,58,62H,9,21-22,25-26,39H2. The zero-order valence-corrected chi connectivity index (χ0v) is 35.2. The van der Waals surface area contributed by atoms with E-state index in [1.807, 2.05) is 0 Å². The number of allylic oxidation sites excluding steroid dienone is 12. The molecule has 1 atom stereocenters. The third-order valence-corrected chi connectivity index (χ3v) is 13.2. The summed E-state index contributed by atoms with van der Waals surface area (Å²) in [6.45, 7) is 0. The molecule has 1 N–H and O–H groups in total. The minimum atomic E-state index is -0.513. The Kier molecular flexibility index (Phi) is 11.1. The highest BCUT2D eigenvalue weighted by atomic mass is 15.1. The first-order valence-electron chi connectivity index (χ1n) is 22.3. The molecule has 2 heteroatoms. The normalized spacial score (nSPS) is 17.7. The number of hydrogen-bond acceptors (Lipinski definition) is 2. The maximum absolute atomic E-state index is 5.59. The summed E-state index contributed by atoms with van der Waals surface area (Å²) in [6.07, 6.45) is 26.6. The second kappa shape index (κ2) is 17.5. The minimum Gasteiger partial charge on any atom is -0.360 e. The van der Waals surface area contributed by atoms with Crippen molar-refractivity contribution in [2.75, 3.05) is 0 Å². The molecule has 6 aromatic rings. The summed E-state index contributed by atoms with van der Waals surface area (Å²) in [5.41, 5.74) is 15.2. The molecule has 302 valence electrons. The van der Waals surface area contributed by atoms with E-state index in [9.17, 15) is 0 Å². The van der Waals surface area contributed by atoms with Gasteiger partial charge in [0.15, 0.2) is 0 Å². The van der Waals surface area contributed by atoms with E-state index in [-0.39, 0.29) is 6.17 Å². The molecule has 0 aromatic heterocycles. The van der Waals surface area contributed by atoms with Crippen molar-refractivity contribution in [2.45, 2.75) is 55.5 Å². The largest absolute Gasteiger partial charge is 0.360 e. The molecule has 0 saturated carbocycles. The molecule has 0 fully saturated rings. The summed E-state index contributed by atoms with van der Waals surface area (Å²) in [5.74, 6) is 0. The van der Waals surface area contributed by atoms with Crippen LogP contribution in [0.1, 0.15) is 77.5 Å². The summed E-state index contributed by atoms with van der Waals surface area (Å²) >= 11 is 0. The van der Waals surface area contributed by atoms with Crippen LogP contribution >= 0.6 is 0 Å². The molecule has 1 unspecified atom stereocenters. The quantitative estimate of drug-likeness (QED) is 0.130. The van der Waals surface area contributed by atoms with Gasteiger partial charge in [0.2, 0.25) is 0 Å². The van der Waals surface area contributed by atoms with Crippen LogP contribution in [-0.4, -0.2) is 11.9 Å². The molecule has 4 aliphatic rings. The van der Waals surface area contributed by atoms with Crippen molar-refractivity contribution in [3.05, 3.63) is 292 Å². The van der Waals surface area contributed by atoms with Gasteiger partial charge in [-0.15, -0.1) is 0 Å². The lowest BCUT2D eigenvalue weighted by molar-refractivity contribution is 0.665.